The topological polar surface area (TPSA) is 70.6 Å². The van der Waals surface area contributed by atoms with E-state index in [2.05, 4.69) is 10.6 Å². The quantitative estimate of drug-likeness (QED) is 0.490. The Morgan fingerprint density at radius 2 is 2.04 bits per heavy atom. The molecule has 5 nitrogen and oxygen atoms in total. The molecule has 0 aromatic heterocycles. The van der Waals surface area contributed by atoms with Crippen LogP contribution in [-0.4, -0.2) is 36.0 Å². The Morgan fingerprint density at radius 1 is 1.36 bits per heavy atom. The number of aliphatic hydroxyl groups is 1. The number of benzene rings is 1. The molecule has 0 radical (unpaired) electrons. The molecule has 1 aromatic rings. The molecule has 1 heterocycles. The highest BCUT2D eigenvalue weighted by Gasteiger charge is 2.43. The standard InChI is InChI=1S/C20H27ClF2N2O3/c1-11(26)24-12-9-15(28-10-12)19(27)25-18(20(2)7-3-4-8-20)16-14(22)6-5-13(21)17(16)23/h5-6,11-12,15,18,24,26H,3-4,7-10H2,1-2H3,(H,25,27)/t11?,12-,15-,18+/m0/s1. The van der Waals surface area contributed by atoms with Crippen molar-refractivity contribution in [3.05, 3.63) is 34.4 Å². The van der Waals surface area contributed by atoms with E-state index in [4.69, 9.17) is 16.3 Å². The lowest BCUT2D eigenvalue weighted by Gasteiger charge is -2.36. The number of amides is 1. The van der Waals surface area contributed by atoms with Gasteiger partial charge in [-0.15, -0.1) is 0 Å². The highest BCUT2D eigenvalue weighted by atomic mass is 35.5. The lowest BCUT2D eigenvalue weighted by atomic mass is 9.76. The van der Waals surface area contributed by atoms with Crippen LogP contribution < -0.4 is 10.6 Å². The summed E-state index contributed by atoms with van der Waals surface area (Å²) in [4.78, 5) is 12.9. The van der Waals surface area contributed by atoms with Gasteiger partial charge in [-0.2, -0.15) is 0 Å². The van der Waals surface area contributed by atoms with Crippen LogP contribution in [0.2, 0.25) is 5.02 Å². The van der Waals surface area contributed by atoms with Crippen LogP contribution in [0.1, 0.15) is 57.6 Å². The zero-order valence-corrected chi connectivity index (χ0v) is 16.9. The Bertz CT molecular complexity index is 726. The molecule has 1 unspecified atom stereocenters. The van der Waals surface area contributed by atoms with Crippen LogP contribution in [0.4, 0.5) is 8.78 Å². The predicted molar refractivity (Wildman–Crippen MR) is 102 cm³/mol. The molecule has 2 aliphatic rings. The number of ether oxygens (including phenoxy) is 1. The van der Waals surface area contributed by atoms with Crippen LogP contribution in [0, 0.1) is 17.0 Å². The van der Waals surface area contributed by atoms with Crippen molar-refractivity contribution in [2.75, 3.05) is 6.61 Å². The lowest BCUT2D eigenvalue weighted by molar-refractivity contribution is -0.131. The third-order valence-corrected chi connectivity index (χ3v) is 6.16. The Balaban J connectivity index is 1.84. The van der Waals surface area contributed by atoms with Gasteiger partial charge in [0.2, 0.25) is 5.91 Å². The average molecular weight is 417 g/mol. The highest BCUT2D eigenvalue weighted by molar-refractivity contribution is 6.30. The fraction of sp³-hybridized carbons (Fsp3) is 0.650. The van der Waals surface area contributed by atoms with E-state index in [1.807, 2.05) is 6.92 Å². The predicted octanol–water partition coefficient (Wildman–Crippen LogP) is 3.44. The van der Waals surface area contributed by atoms with Crippen molar-refractivity contribution >= 4 is 17.5 Å². The van der Waals surface area contributed by atoms with Crippen molar-refractivity contribution < 1.29 is 23.4 Å². The SMILES string of the molecule is CC(O)N[C@@H]1CO[C@H](C(=O)N[C@H](c2c(F)ccc(Cl)c2F)C2(C)CCCC2)C1. The third kappa shape index (κ3) is 4.48. The van der Waals surface area contributed by atoms with Gasteiger partial charge in [0.25, 0.3) is 0 Å². The van der Waals surface area contributed by atoms with Crippen LogP contribution >= 0.6 is 11.6 Å². The Hall–Kier alpha value is -1.28. The van der Waals surface area contributed by atoms with Gasteiger partial charge in [0.15, 0.2) is 0 Å². The lowest BCUT2D eigenvalue weighted by Crippen LogP contribution is -2.44. The molecule has 3 rings (SSSR count). The Kier molecular flexibility index (Phi) is 6.59. The smallest absolute Gasteiger partial charge is 0.249 e. The van der Waals surface area contributed by atoms with E-state index >= 15 is 0 Å². The van der Waals surface area contributed by atoms with Gasteiger partial charge in [-0.25, -0.2) is 8.78 Å². The number of nitrogens with one attached hydrogen (secondary N) is 2. The summed E-state index contributed by atoms with van der Waals surface area (Å²) in [7, 11) is 0. The summed E-state index contributed by atoms with van der Waals surface area (Å²) in [5.41, 5.74) is -0.667. The summed E-state index contributed by atoms with van der Waals surface area (Å²) >= 11 is 5.90. The maximum atomic E-state index is 14.8. The van der Waals surface area contributed by atoms with Gasteiger partial charge in [-0.3, -0.25) is 10.1 Å². The molecular weight excluding hydrogens is 390 g/mol. The van der Waals surface area contributed by atoms with Gasteiger partial charge in [0.05, 0.1) is 17.7 Å². The minimum absolute atomic E-state index is 0.157. The molecule has 2 fully saturated rings. The molecule has 1 saturated carbocycles. The van der Waals surface area contributed by atoms with Gasteiger partial charge >= 0.3 is 0 Å². The zero-order chi connectivity index (χ0) is 20.5. The molecule has 0 bridgehead atoms. The number of carbonyl (C=O) groups is 1. The maximum Gasteiger partial charge on any atom is 0.249 e. The molecule has 1 aliphatic carbocycles. The summed E-state index contributed by atoms with van der Waals surface area (Å²) < 4.78 is 34.9. The molecular formula is C20H27ClF2N2O3. The first-order chi connectivity index (χ1) is 13.2. The second kappa shape index (κ2) is 8.61. The number of carbonyl (C=O) groups excluding carboxylic acids is 1. The maximum absolute atomic E-state index is 14.8. The summed E-state index contributed by atoms with van der Waals surface area (Å²) in [5.74, 6) is -1.96. The summed E-state index contributed by atoms with van der Waals surface area (Å²) in [6.45, 7) is 3.82. The third-order valence-electron chi connectivity index (χ3n) is 5.86. The van der Waals surface area contributed by atoms with Crippen molar-refractivity contribution in [2.24, 2.45) is 5.41 Å². The molecule has 1 amide bonds. The van der Waals surface area contributed by atoms with Gasteiger partial charge in [-0.1, -0.05) is 31.4 Å². The first-order valence-corrected chi connectivity index (χ1v) is 10.1. The van der Waals surface area contributed by atoms with Gasteiger partial charge in [-0.05, 0) is 37.3 Å². The van der Waals surface area contributed by atoms with E-state index in [0.717, 1.165) is 31.7 Å². The largest absolute Gasteiger partial charge is 0.379 e. The summed E-state index contributed by atoms with van der Waals surface area (Å²) in [5, 5.41) is 15.0. The second-order valence-electron chi connectivity index (χ2n) is 8.16. The minimum Gasteiger partial charge on any atom is -0.379 e. The molecule has 0 spiro atoms. The van der Waals surface area contributed by atoms with Crippen molar-refractivity contribution in [2.45, 2.75) is 70.4 Å². The number of hydrogen-bond acceptors (Lipinski definition) is 4. The molecule has 8 heteroatoms. The first kappa shape index (κ1) is 21.4. The molecule has 4 atom stereocenters. The van der Waals surface area contributed by atoms with E-state index < -0.39 is 41.3 Å². The van der Waals surface area contributed by atoms with E-state index in [0.29, 0.717) is 6.42 Å². The van der Waals surface area contributed by atoms with Crippen molar-refractivity contribution in [3.63, 3.8) is 0 Å². The van der Waals surface area contributed by atoms with Crippen LogP contribution in [0.15, 0.2) is 12.1 Å². The number of aliphatic hydroxyl groups excluding tert-OH is 1. The van der Waals surface area contributed by atoms with Gasteiger partial charge < -0.3 is 15.2 Å². The molecule has 28 heavy (non-hydrogen) atoms. The fourth-order valence-corrected chi connectivity index (χ4v) is 4.54. The van der Waals surface area contributed by atoms with Crippen LogP contribution in [0.5, 0.6) is 0 Å². The van der Waals surface area contributed by atoms with Gasteiger partial charge in [0.1, 0.15) is 24.0 Å². The first-order valence-electron chi connectivity index (χ1n) is 9.71. The van der Waals surface area contributed by atoms with E-state index in [-0.39, 0.29) is 23.2 Å². The zero-order valence-electron chi connectivity index (χ0n) is 16.1. The van der Waals surface area contributed by atoms with E-state index in [1.165, 1.54) is 6.07 Å². The minimum atomic E-state index is -0.839. The van der Waals surface area contributed by atoms with E-state index in [1.54, 1.807) is 6.92 Å². The molecule has 3 N–H and O–H groups in total. The summed E-state index contributed by atoms with van der Waals surface area (Å²) in [6, 6.07) is 1.31. The Morgan fingerprint density at radius 3 is 2.68 bits per heavy atom. The number of halogens is 3. The normalized spacial score (nSPS) is 26.2. The number of rotatable bonds is 6. The van der Waals surface area contributed by atoms with Crippen LogP contribution in [0.3, 0.4) is 0 Å². The molecule has 1 aromatic carbocycles. The van der Waals surface area contributed by atoms with Crippen molar-refractivity contribution in [3.8, 4) is 0 Å². The van der Waals surface area contributed by atoms with Crippen LogP contribution in [-0.2, 0) is 9.53 Å². The Labute approximate surface area is 168 Å². The molecule has 1 aliphatic heterocycles. The van der Waals surface area contributed by atoms with Crippen molar-refractivity contribution in [1.29, 1.82) is 0 Å². The van der Waals surface area contributed by atoms with Gasteiger partial charge in [0, 0.05) is 18.0 Å². The van der Waals surface area contributed by atoms with E-state index in [9.17, 15) is 18.7 Å². The average Bonchev–Trinajstić information content (AvgIpc) is 3.27. The van der Waals surface area contributed by atoms with Crippen molar-refractivity contribution in [1.82, 2.24) is 10.6 Å². The second-order valence-corrected chi connectivity index (χ2v) is 8.56. The summed E-state index contributed by atoms with van der Waals surface area (Å²) in [6.07, 6.45) is 2.30. The molecule has 156 valence electrons. The highest BCUT2D eigenvalue weighted by Crippen LogP contribution is 2.48. The fourth-order valence-electron chi connectivity index (χ4n) is 4.38. The van der Waals surface area contributed by atoms with Crippen LogP contribution in [0.25, 0.3) is 0 Å². The molecule has 1 saturated heterocycles. The number of hydrogen-bond donors (Lipinski definition) is 3. The monoisotopic (exact) mass is 416 g/mol.